The van der Waals surface area contributed by atoms with Gasteiger partial charge in [0.25, 0.3) is 0 Å². The first-order chi connectivity index (χ1) is 28.7. The summed E-state index contributed by atoms with van der Waals surface area (Å²) in [5.74, 6) is -2.46. The Morgan fingerprint density at radius 2 is 0.966 bits per heavy atom. The van der Waals surface area contributed by atoms with Crippen LogP contribution in [0, 0.1) is 0 Å². The lowest BCUT2D eigenvalue weighted by Gasteiger charge is -2.38. The zero-order valence-corrected chi connectivity index (χ0v) is 37.0. The second-order valence-corrected chi connectivity index (χ2v) is 16.2. The molecule has 59 heavy (non-hydrogen) atoms. The summed E-state index contributed by atoms with van der Waals surface area (Å²) < 4.78 is 21.7. The first kappa shape index (κ1) is 54.4. The number of aliphatic hydroxyl groups excluding tert-OH is 3. The molecule has 1 heterocycles. The highest BCUT2D eigenvalue weighted by Crippen LogP contribution is 2.23. The van der Waals surface area contributed by atoms with Gasteiger partial charge in [-0.1, -0.05) is 159 Å². The largest absolute Gasteiger partial charge is 0.479 e. The predicted octanol–water partition coefficient (Wildman–Crippen LogP) is 10.4. The summed E-state index contributed by atoms with van der Waals surface area (Å²) in [6, 6.07) is 0. The van der Waals surface area contributed by atoms with Gasteiger partial charge >= 0.3 is 17.9 Å². The minimum absolute atomic E-state index is 0.178. The van der Waals surface area contributed by atoms with Crippen molar-refractivity contribution in [3.05, 3.63) is 36.5 Å². The molecule has 6 unspecified atom stereocenters. The summed E-state index contributed by atoms with van der Waals surface area (Å²) >= 11 is 0. The molecule has 1 saturated heterocycles. The zero-order valence-electron chi connectivity index (χ0n) is 37.0. The van der Waals surface area contributed by atoms with Crippen molar-refractivity contribution in [1.82, 2.24) is 0 Å². The Balaban J connectivity index is 2.35. The normalized spacial score (nSPS) is 20.2. The van der Waals surface area contributed by atoms with Crippen molar-refractivity contribution in [1.29, 1.82) is 0 Å². The maximum Gasteiger partial charge on any atom is 0.335 e. The Labute approximate surface area is 357 Å². The molecule has 0 aromatic heterocycles. The van der Waals surface area contributed by atoms with Crippen LogP contribution >= 0.6 is 0 Å². The van der Waals surface area contributed by atoms with Crippen LogP contribution in [0.2, 0.25) is 0 Å². The van der Waals surface area contributed by atoms with Crippen molar-refractivity contribution in [2.45, 2.75) is 237 Å². The summed E-state index contributed by atoms with van der Waals surface area (Å²) in [7, 11) is 0. The minimum Gasteiger partial charge on any atom is -0.479 e. The van der Waals surface area contributed by atoms with Crippen LogP contribution < -0.4 is 0 Å². The molecule has 1 aliphatic heterocycles. The summed E-state index contributed by atoms with van der Waals surface area (Å²) in [5, 5.41) is 39.8. The fraction of sp³-hybridized carbons (Fsp3) is 0.812. The molecule has 1 fully saturated rings. The number of hydrogen-bond donors (Lipinski definition) is 4. The topological polar surface area (TPSA) is 169 Å². The molecular formula is C48H84O11. The number of rotatable bonds is 39. The summed E-state index contributed by atoms with van der Waals surface area (Å²) in [4.78, 5) is 36.9. The number of carbonyl (C=O) groups excluding carboxylic acids is 2. The lowest BCUT2D eigenvalue weighted by molar-refractivity contribution is -0.298. The number of carbonyl (C=O) groups is 3. The van der Waals surface area contributed by atoms with E-state index < -0.39 is 61.3 Å². The smallest absolute Gasteiger partial charge is 0.335 e. The average Bonchev–Trinajstić information content (AvgIpc) is 3.22. The van der Waals surface area contributed by atoms with Crippen molar-refractivity contribution in [3.8, 4) is 0 Å². The summed E-state index contributed by atoms with van der Waals surface area (Å²) in [6.45, 7) is 3.76. The second-order valence-electron chi connectivity index (χ2n) is 16.2. The molecule has 0 amide bonds. The van der Waals surface area contributed by atoms with Gasteiger partial charge in [-0.15, -0.1) is 0 Å². The van der Waals surface area contributed by atoms with E-state index in [9.17, 15) is 34.8 Å². The fourth-order valence-electron chi connectivity index (χ4n) is 6.95. The molecule has 0 aliphatic carbocycles. The monoisotopic (exact) mass is 837 g/mol. The molecule has 6 atom stereocenters. The van der Waals surface area contributed by atoms with Crippen molar-refractivity contribution in [3.63, 3.8) is 0 Å². The Morgan fingerprint density at radius 3 is 1.47 bits per heavy atom. The number of allylic oxidation sites excluding steroid dienone is 6. The molecule has 0 aromatic rings. The van der Waals surface area contributed by atoms with Gasteiger partial charge in [-0.2, -0.15) is 0 Å². The van der Waals surface area contributed by atoms with Gasteiger partial charge < -0.3 is 39.4 Å². The van der Waals surface area contributed by atoms with Crippen LogP contribution in [0.5, 0.6) is 0 Å². The van der Waals surface area contributed by atoms with Gasteiger partial charge in [0.05, 0.1) is 6.61 Å². The quantitative estimate of drug-likeness (QED) is 0.0264. The lowest BCUT2D eigenvalue weighted by Crippen LogP contribution is -2.60. The highest BCUT2D eigenvalue weighted by atomic mass is 16.7. The van der Waals surface area contributed by atoms with Crippen LogP contribution in [0.3, 0.4) is 0 Å². The van der Waals surface area contributed by atoms with Gasteiger partial charge in [0.2, 0.25) is 0 Å². The number of carboxylic acids is 1. The number of ether oxygens (including phenoxy) is 4. The Hall–Kier alpha value is -2.57. The van der Waals surface area contributed by atoms with E-state index >= 15 is 0 Å². The molecule has 1 rings (SSSR count). The van der Waals surface area contributed by atoms with E-state index in [2.05, 4.69) is 50.3 Å². The minimum atomic E-state index is -1.86. The van der Waals surface area contributed by atoms with E-state index in [1.807, 2.05) is 0 Å². The standard InChI is InChI=1S/C48H84O11/c1-3-5-7-9-11-13-15-17-19-20-21-22-23-25-27-29-31-33-35-37-42(50)58-40(39-57-48-45(53)43(51)44(52)46(59-48)47(54)55)38-56-41(49)36-34-32-30-28-26-24-18-16-14-12-10-8-6-4-2/h10,12,16-19,40,43-46,48,51-53H,3-9,11,13-15,20-39H2,1-2H3,(H,54,55)/b12-10-,18-16-,19-17-. The number of aliphatic carboxylic acids is 1. The molecule has 11 nitrogen and oxygen atoms in total. The predicted molar refractivity (Wildman–Crippen MR) is 234 cm³/mol. The van der Waals surface area contributed by atoms with Gasteiger partial charge in [0.15, 0.2) is 18.5 Å². The number of hydrogen-bond acceptors (Lipinski definition) is 10. The highest BCUT2D eigenvalue weighted by molar-refractivity contribution is 5.73. The first-order valence-electron chi connectivity index (χ1n) is 23.5. The third kappa shape index (κ3) is 30.2. The summed E-state index contributed by atoms with van der Waals surface area (Å²) in [6.07, 6.45) is 34.8. The van der Waals surface area contributed by atoms with Crippen LogP contribution in [0.25, 0.3) is 0 Å². The second kappa shape index (κ2) is 38.4. The van der Waals surface area contributed by atoms with E-state index in [0.717, 1.165) is 64.2 Å². The van der Waals surface area contributed by atoms with E-state index in [1.54, 1.807) is 0 Å². The van der Waals surface area contributed by atoms with Gasteiger partial charge in [0.1, 0.15) is 24.9 Å². The average molecular weight is 837 g/mol. The Morgan fingerprint density at radius 1 is 0.525 bits per heavy atom. The molecular weight excluding hydrogens is 753 g/mol. The van der Waals surface area contributed by atoms with Gasteiger partial charge in [-0.05, 0) is 64.2 Å². The van der Waals surface area contributed by atoms with E-state index in [0.29, 0.717) is 12.8 Å². The fourth-order valence-corrected chi connectivity index (χ4v) is 6.95. The number of esters is 2. The molecule has 342 valence electrons. The number of carboxylic acid groups (broad SMARTS) is 1. The van der Waals surface area contributed by atoms with E-state index in [4.69, 9.17) is 18.9 Å². The van der Waals surface area contributed by atoms with Crippen molar-refractivity contribution >= 4 is 17.9 Å². The number of unbranched alkanes of at least 4 members (excludes halogenated alkanes) is 22. The van der Waals surface area contributed by atoms with Gasteiger partial charge in [-0.25, -0.2) is 4.79 Å². The first-order valence-corrected chi connectivity index (χ1v) is 23.5. The highest BCUT2D eigenvalue weighted by Gasteiger charge is 2.47. The Bertz CT molecular complexity index is 1120. The SMILES string of the molecule is CCCC/C=C\C/C=C\CCCCCCCC(=O)OCC(COC1OC(C(=O)O)C(O)C(O)C1O)OC(=O)CCCCCCCCCCC/C=C\CCCCCCCC. The Kier molecular flexibility index (Phi) is 35.4. The molecule has 1 aliphatic rings. The molecule has 4 N–H and O–H groups in total. The van der Waals surface area contributed by atoms with Crippen molar-refractivity contribution < 1.29 is 53.8 Å². The maximum absolute atomic E-state index is 12.8. The lowest BCUT2D eigenvalue weighted by atomic mass is 9.99. The van der Waals surface area contributed by atoms with Gasteiger partial charge in [0, 0.05) is 12.8 Å². The van der Waals surface area contributed by atoms with E-state index in [-0.39, 0.29) is 19.4 Å². The van der Waals surface area contributed by atoms with Crippen LogP contribution in [-0.4, -0.2) is 88.4 Å². The number of aliphatic hydroxyl groups is 3. The maximum atomic E-state index is 12.8. The van der Waals surface area contributed by atoms with Crippen molar-refractivity contribution in [2.75, 3.05) is 13.2 Å². The van der Waals surface area contributed by atoms with Gasteiger partial charge in [-0.3, -0.25) is 9.59 Å². The zero-order chi connectivity index (χ0) is 43.2. The molecule has 0 spiro atoms. The molecule has 0 radical (unpaired) electrons. The van der Waals surface area contributed by atoms with Crippen molar-refractivity contribution in [2.24, 2.45) is 0 Å². The third-order valence-electron chi connectivity index (χ3n) is 10.7. The summed E-state index contributed by atoms with van der Waals surface area (Å²) in [5.41, 5.74) is 0. The molecule has 0 aromatic carbocycles. The third-order valence-corrected chi connectivity index (χ3v) is 10.7. The van der Waals surface area contributed by atoms with Crippen LogP contribution in [0.1, 0.15) is 200 Å². The van der Waals surface area contributed by atoms with Crippen LogP contribution in [-0.2, 0) is 33.3 Å². The van der Waals surface area contributed by atoms with E-state index in [1.165, 1.54) is 96.3 Å². The van der Waals surface area contributed by atoms with Crippen LogP contribution in [0.15, 0.2) is 36.5 Å². The van der Waals surface area contributed by atoms with Crippen LogP contribution in [0.4, 0.5) is 0 Å². The molecule has 0 bridgehead atoms. The molecule has 0 saturated carbocycles. The molecule has 11 heteroatoms.